The van der Waals surface area contributed by atoms with Crippen molar-refractivity contribution in [3.05, 3.63) is 46.6 Å². The molecule has 176 valence electrons. The van der Waals surface area contributed by atoms with Crippen molar-refractivity contribution in [1.29, 1.82) is 0 Å². The summed E-state index contributed by atoms with van der Waals surface area (Å²) in [6.45, 7) is 7.74. The maximum atomic E-state index is 13.1. The topological polar surface area (TPSA) is 55.1 Å². The molecule has 5 rings (SSSR count). The highest BCUT2D eigenvalue weighted by molar-refractivity contribution is 5.90. The third-order valence-corrected chi connectivity index (χ3v) is 6.86. The second-order valence-electron chi connectivity index (χ2n) is 9.25. The van der Waals surface area contributed by atoms with E-state index >= 15 is 0 Å². The number of ether oxygens (including phenoxy) is 2. The van der Waals surface area contributed by atoms with Gasteiger partial charge in [0.1, 0.15) is 35.9 Å². The van der Waals surface area contributed by atoms with Gasteiger partial charge in [-0.25, -0.2) is 0 Å². The fourth-order valence-electron chi connectivity index (χ4n) is 4.94. The highest BCUT2D eigenvalue weighted by Crippen LogP contribution is 2.25. The molecular formula is C27H34N2O4. The van der Waals surface area contributed by atoms with Gasteiger partial charge in [-0.1, -0.05) is 12.8 Å². The van der Waals surface area contributed by atoms with E-state index in [1.54, 1.807) is 12.1 Å². The van der Waals surface area contributed by atoms with E-state index in [1.165, 1.54) is 38.5 Å². The quantitative estimate of drug-likeness (QED) is 0.465. The maximum Gasteiger partial charge on any atom is 0.200 e. The van der Waals surface area contributed by atoms with Crippen LogP contribution in [0.15, 0.2) is 45.6 Å². The minimum atomic E-state index is -0.0346. The van der Waals surface area contributed by atoms with Gasteiger partial charge in [-0.2, -0.15) is 0 Å². The average Bonchev–Trinajstić information content (AvgIpc) is 2.86. The van der Waals surface area contributed by atoms with E-state index in [1.807, 2.05) is 24.3 Å². The summed E-state index contributed by atoms with van der Waals surface area (Å²) in [5.41, 5.74) is 1.09. The summed E-state index contributed by atoms with van der Waals surface area (Å²) in [5, 5.41) is 1.12. The summed E-state index contributed by atoms with van der Waals surface area (Å²) in [7, 11) is 0. The third kappa shape index (κ3) is 5.50. The molecule has 6 nitrogen and oxygen atoms in total. The summed E-state index contributed by atoms with van der Waals surface area (Å²) >= 11 is 0. The van der Waals surface area contributed by atoms with E-state index < -0.39 is 0 Å². The Kier molecular flexibility index (Phi) is 7.12. The SMILES string of the molecule is O=c1c2ccc(OCCN3CCCCC3)cc2oc2ccc(OCCN3CCCCC3)cc12. The van der Waals surface area contributed by atoms with E-state index in [4.69, 9.17) is 13.9 Å². The summed E-state index contributed by atoms with van der Waals surface area (Å²) in [4.78, 5) is 18.0. The number of hydrogen-bond donors (Lipinski definition) is 0. The standard InChI is InChI=1S/C27H34N2O4/c30-27-23-9-7-22(32-18-16-29-13-5-2-6-14-29)20-26(23)33-25-10-8-21(19-24(25)27)31-17-15-28-11-3-1-4-12-28/h7-10,19-20H,1-6,11-18H2. The molecule has 2 aliphatic heterocycles. The van der Waals surface area contributed by atoms with Crippen LogP contribution in [0.25, 0.3) is 21.9 Å². The Bertz CT molecular complexity index is 1130. The van der Waals surface area contributed by atoms with Crippen LogP contribution < -0.4 is 14.9 Å². The molecule has 2 saturated heterocycles. The summed E-state index contributed by atoms with van der Waals surface area (Å²) in [6.07, 6.45) is 7.77. The van der Waals surface area contributed by atoms with Crippen molar-refractivity contribution in [3.8, 4) is 11.5 Å². The van der Waals surface area contributed by atoms with Crippen molar-refractivity contribution >= 4 is 21.9 Å². The molecule has 0 N–H and O–H groups in total. The fraction of sp³-hybridized carbons (Fsp3) is 0.519. The van der Waals surface area contributed by atoms with Crippen molar-refractivity contribution < 1.29 is 13.9 Å². The average molecular weight is 451 g/mol. The van der Waals surface area contributed by atoms with Gasteiger partial charge in [-0.15, -0.1) is 0 Å². The zero-order valence-corrected chi connectivity index (χ0v) is 19.4. The van der Waals surface area contributed by atoms with Crippen LogP contribution in [-0.2, 0) is 0 Å². The molecule has 1 aromatic heterocycles. The zero-order chi connectivity index (χ0) is 22.5. The molecule has 6 heteroatoms. The number of likely N-dealkylation sites (tertiary alicyclic amines) is 2. The molecular weight excluding hydrogens is 416 g/mol. The van der Waals surface area contributed by atoms with Gasteiger partial charge in [-0.05, 0) is 82.2 Å². The third-order valence-electron chi connectivity index (χ3n) is 6.86. The van der Waals surface area contributed by atoms with Gasteiger partial charge in [-0.3, -0.25) is 14.6 Å². The second-order valence-corrected chi connectivity index (χ2v) is 9.25. The second kappa shape index (κ2) is 10.6. The number of hydrogen-bond acceptors (Lipinski definition) is 6. The van der Waals surface area contributed by atoms with Crippen LogP contribution >= 0.6 is 0 Å². The minimum absolute atomic E-state index is 0.0346. The Morgan fingerprint density at radius 2 is 1.24 bits per heavy atom. The summed E-state index contributed by atoms with van der Waals surface area (Å²) < 4.78 is 18.0. The smallest absolute Gasteiger partial charge is 0.200 e. The van der Waals surface area contributed by atoms with Gasteiger partial charge in [0.15, 0.2) is 0 Å². The molecule has 33 heavy (non-hydrogen) atoms. The highest BCUT2D eigenvalue weighted by Gasteiger charge is 2.13. The molecule has 2 aromatic carbocycles. The highest BCUT2D eigenvalue weighted by atomic mass is 16.5. The first-order chi connectivity index (χ1) is 16.3. The molecule has 0 radical (unpaired) electrons. The Labute approximate surface area is 195 Å². The van der Waals surface area contributed by atoms with E-state index in [0.717, 1.165) is 45.0 Å². The van der Waals surface area contributed by atoms with Crippen LogP contribution in [-0.4, -0.2) is 62.3 Å². The largest absolute Gasteiger partial charge is 0.492 e. The van der Waals surface area contributed by atoms with E-state index in [0.29, 0.717) is 40.9 Å². The van der Waals surface area contributed by atoms with Gasteiger partial charge >= 0.3 is 0 Å². The Hall–Kier alpha value is -2.57. The van der Waals surface area contributed by atoms with Crippen LogP contribution in [0.5, 0.6) is 11.5 Å². The molecule has 3 aromatic rings. The van der Waals surface area contributed by atoms with E-state index in [9.17, 15) is 4.79 Å². The predicted molar refractivity (Wildman–Crippen MR) is 132 cm³/mol. The van der Waals surface area contributed by atoms with Crippen molar-refractivity contribution in [2.75, 3.05) is 52.5 Å². The first-order valence-electron chi connectivity index (χ1n) is 12.5. The maximum absolute atomic E-state index is 13.1. The minimum Gasteiger partial charge on any atom is -0.492 e. The molecule has 0 aliphatic carbocycles. The molecule has 0 amide bonds. The van der Waals surface area contributed by atoms with Gasteiger partial charge in [0.2, 0.25) is 5.43 Å². The van der Waals surface area contributed by atoms with Crippen LogP contribution in [0, 0.1) is 0 Å². The number of nitrogens with zero attached hydrogens (tertiary/aromatic N) is 2. The Morgan fingerprint density at radius 3 is 1.88 bits per heavy atom. The van der Waals surface area contributed by atoms with Gasteiger partial charge in [0, 0.05) is 19.2 Å². The monoisotopic (exact) mass is 450 g/mol. The first-order valence-corrected chi connectivity index (χ1v) is 12.5. The molecule has 3 heterocycles. The number of fused-ring (bicyclic) bond motifs is 2. The van der Waals surface area contributed by atoms with Crippen molar-refractivity contribution in [3.63, 3.8) is 0 Å². The number of piperidine rings is 2. The van der Waals surface area contributed by atoms with Gasteiger partial charge in [0.25, 0.3) is 0 Å². The van der Waals surface area contributed by atoms with Crippen LogP contribution in [0.1, 0.15) is 38.5 Å². The number of rotatable bonds is 8. The van der Waals surface area contributed by atoms with Crippen molar-refractivity contribution in [2.24, 2.45) is 0 Å². The van der Waals surface area contributed by atoms with Gasteiger partial charge in [0.05, 0.1) is 10.8 Å². The lowest BCUT2D eigenvalue weighted by Crippen LogP contribution is -2.33. The zero-order valence-electron chi connectivity index (χ0n) is 19.4. The lowest BCUT2D eigenvalue weighted by Gasteiger charge is -2.26. The van der Waals surface area contributed by atoms with E-state index in [-0.39, 0.29) is 5.43 Å². The first kappa shape index (κ1) is 22.2. The molecule has 0 spiro atoms. The Morgan fingerprint density at radius 1 is 0.667 bits per heavy atom. The van der Waals surface area contributed by atoms with Crippen LogP contribution in [0.4, 0.5) is 0 Å². The molecule has 0 unspecified atom stereocenters. The Balaban J connectivity index is 1.25. The molecule has 2 aliphatic rings. The molecule has 0 bridgehead atoms. The van der Waals surface area contributed by atoms with Crippen molar-refractivity contribution in [1.82, 2.24) is 9.80 Å². The summed E-state index contributed by atoms with van der Waals surface area (Å²) in [6, 6.07) is 11.0. The fourth-order valence-corrected chi connectivity index (χ4v) is 4.94. The predicted octanol–water partition coefficient (Wildman–Crippen LogP) is 4.68. The lowest BCUT2D eigenvalue weighted by molar-refractivity contribution is 0.183. The molecule has 0 saturated carbocycles. The molecule has 2 fully saturated rings. The van der Waals surface area contributed by atoms with E-state index in [2.05, 4.69) is 9.80 Å². The normalized spacial score (nSPS) is 18.1. The van der Waals surface area contributed by atoms with Crippen LogP contribution in [0.3, 0.4) is 0 Å². The van der Waals surface area contributed by atoms with Crippen molar-refractivity contribution in [2.45, 2.75) is 38.5 Å². The lowest BCUT2D eigenvalue weighted by atomic mass is 10.1. The van der Waals surface area contributed by atoms with Gasteiger partial charge < -0.3 is 13.9 Å². The number of benzene rings is 2. The van der Waals surface area contributed by atoms with Crippen LogP contribution in [0.2, 0.25) is 0 Å². The summed E-state index contributed by atoms with van der Waals surface area (Å²) in [5.74, 6) is 1.45. The molecule has 0 atom stereocenters.